The molecule has 10 heavy (non-hydrogen) atoms. The van der Waals surface area contributed by atoms with Gasteiger partial charge in [-0.2, -0.15) is 0 Å². The summed E-state index contributed by atoms with van der Waals surface area (Å²) in [6.45, 7) is 2.44. The minimum absolute atomic E-state index is 0. The van der Waals surface area contributed by atoms with Crippen LogP contribution in [-0.4, -0.2) is 23.4 Å². The lowest BCUT2D eigenvalue weighted by Gasteiger charge is -2.43. The molecule has 62 valence electrons. The van der Waals surface area contributed by atoms with E-state index in [-0.39, 0.29) is 26.1 Å². The Bertz CT molecular complexity index is 89.4. The molecule has 2 nitrogen and oxygen atoms in total. The predicted octanol–water partition coefficient (Wildman–Crippen LogP) is 1.02. The molecule has 0 saturated heterocycles. The van der Waals surface area contributed by atoms with E-state index in [0.717, 1.165) is 12.8 Å². The summed E-state index contributed by atoms with van der Waals surface area (Å²) in [5.41, 5.74) is -0.112. The van der Waals surface area contributed by atoms with Crippen LogP contribution in [0.15, 0.2) is 0 Å². The molecule has 1 aliphatic carbocycles. The third-order valence-electron chi connectivity index (χ3n) is 2.23. The lowest BCUT2D eigenvalue weighted by atomic mass is 9.64. The van der Waals surface area contributed by atoms with E-state index in [0.29, 0.717) is 5.92 Å². The first-order chi connectivity index (χ1) is 4.22. The topological polar surface area (TPSA) is 40.5 Å². The van der Waals surface area contributed by atoms with E-state index in [2.05, 4.69) is 6.92 Å². The van der Waals surface area contributed by atoms with Gasteiger partial charge in [0, 0.05) is 5.41 Å². The molecule has 0 spiro atoms. The number of hydrogen-bond donors (Lipinski definition) is 2. The van der Waals surface area contributed by atoms with Gasteiger partial charge < -0.3 is 10.2 Å². The maximum Gasteiger partial charge on any atom is 0.0509 e. The van der Waals surface area contributed by atoms with Gasteiger partial charge in [0.05, 0.1) is 13.2 Å². The van der Waals surface area contributed by atoms with E-state index >= 15 is 0 Å². The fourth-order valence-electron chi connectivity index (χ4n) is 1.73. The van der Waals surface area contributed by atoms with Crippen LogP contribution in [0.5, 0.6) is 0 Å². The Morgan fingerprint density at radius 1 is 1.30 bits per heavy atom. The zero-order chi connectivity index (χ0) is 6.91. The fraction of sp³-hybridized carbons (Fsp3) is 1.00. The highest BCUT2D eigenvalue weighted by Gasteiger charge is 2.40. The zero-order valence-corrected chi connectivity index (χ0v) is 5.80. The van der Waals surface area contributed by atoms with Crippen LogP contribution in [0.25, 0.3) is 0 Å². The van der Waals surface area contributed by atoms with Crippen molar-refractivity contribution in [1.82, 2.24) is 0 Å². The van der Waals surface area contributed by atoms with Crippen LogP contribution in [0.4, 0.5) is 0 Å². The van der Waals surface area contributed by atoms with Gasteiger partial charge in [0.2, 0.25) is 0 Å². The highest BCUT2D eigenvalue weighted by atomic mass is 16.3. The first kappa shape index (κ1) is 9.92. The molecule has 2 N–H and O–H groups in total. The molecule has 1 fully saturated rings. The van der Waals surface area contributed by atoms with Crippen LogP contribution in [0.1, 0.15) is 27.2 Å². The van der Waals surface area contributed by atoms with Gasteiger partial charge in [-0.15, -0.1) is 0 Å². The number of rotatable bonds is 2. The highest BCUT2D eigenvalue weighted by Crippen LogP contribution is 2.44. The second-order valence-corrected chi connectivity index (χ2v) is 3.33. The van der Waals surface area contributed by atoms with E-state index in [1.54, 1.807) is 0 Å². The van der Waals surface area contributed by atoms with Crippen LogP contribution < -0.4 is 0 Å². The lowest BCUT2D eigenvalue weighted by molar-refractivity contribution is -0.0426. The Morgan fingerprint density at radius 2 is 1.70 bits per heavy atom. The largest absolute Gasteiger partial charge is 0.396 e. The van der Waals surface area contributed by atoms with Crippen LogP contribution in [0, 0.1) is 11.3 Å². The highest BCUT2D eigenvalue weighted by molar-refractivity contribution is 4.90. The smallest absolute Gasteiger partial charge is 0.0509 e. The summed E-state index contributed by atoms with van der Waals surface area (Å²) in [5, 5.41) is 17.6. The van der Waals surface area contributed by atoms with Crippen LogP contribution in [-0.2, 0) is 0 Å². The van der Waals surface area contributed by atoms with Crippen molar-refractivity contribution in [2.24, 2.45) is 11.3 Å². The molecular formula is C8H18O2. The van der Waals surface area contributed by atoms with E-state index in [1.165, 1.54) is 0 Å². The van der Waals surface area contributed by atoms with Crippen molar-refractivity contribution in [1.29, 1.82) is 0 Å². The Balaban J connectivity index is 0.000000810. The molecule has 0 aromatic rings. The summed E-state index contributed by atoms with van der Waals surface area (Å²) >= 11 is 0. The fourth-order valence-corrected chi connectivity index (χ4v) is 1.73. The molecule has 0 aromatic heterocycles. The third-order valence-corrected chi connectivity index (χ3v) is 2.23. The summed E-state index contributed by atoms with van der Waals surface area (Å²) in [6.07, 6.45) is 1.97. The Kier molecular flexibility index (Phi) is 3.33. The summed E-state index contributed by atoms with van der Waals surface area (Å²) in [7, 11) is 0. The Labute approximate surface area is 62.9 Å². The van der Waals surface area contributed by atoms with Crippen molar-refractivity contribution >= 4 is 0 Å². The maximum absolute atomic E-state index is 8.79. The first-order valence-corrected chi connectivity index (χ1v) is 3.44. The lowest BCUT2D eigenvalue weighted by Crippen LogP contribution is -2.42. The average Bonchev–Trinajstić information content (AvgIpc) is 1.81. The van der Waals surface area contributed by atoms with Gasteiger partial charge in [-0.25, -0.2) is 0 Å². The first-order valence-electron chi connectivity index (χ1n) is 3.44. The predicted molar refractivity (Wildman–Crippen MR) is 41.7 cm³/mol. The minimum Gasteiger partial charge on any atom is -0.396 e. The number of aliphatic hydroxyl groups excluding tert-OH is 2. The van der Waals surface area contributed by atoms with Crippen LogP contribution in [0.3, 0.4) is 0 Å². The second-order valence-electron chi connectivity index (χ2n) is 3.33. The molecule has 0 amide bonds. The van der Waals surface area contributed by atoms with Gasteiger partial charge >= 0.3 is 0 Å². The van der Waals surface area contributed by atoms with Crippen molar-refractivity contribution in [3.63, 3.8) is 0 Å². The summed E-state index contributed by atoms with van der Waals surface area (Å²) in [4.78, 5) is 0. The van der Waals surface area contributed by atoms with Crippen molar-refractivity contribution in [3.8, 4) is 0 Å². The molecule has 0 bridgehead atoms. The van der Waals surface area contributed by atoms with E-state index in [1.807, 2.05) is 0 Å². The number of aliphatic hydroxyl groups is 2. The van der Waals surface area contributed by atoms with Crippen LogP contribution in [0.2, 0.25) is 0 Å². The Morgan fingerprint density at radius 3 is 1.80 bits per heavy atom. The molecule has 0 aliphatic heterocycles. The summed E-state index contributed by atoms with van der Waals surface area (Å²) in [5.74, 6) is 0.698. The zero-order valence-electron chi connectivity index (χ0n) is 5.80. The number of hydrogen-bond acceptors (Lipinski definition) is 2. The van der Waals surface area contributed by atoms with Gasteiger partial charge in [0.15, 0.2) is 0 Å². The molecular weight excluding hydrogens is 128 g/mol. The van der Waals surface area contributed by atoms with Crippen molar-refractivity contribution in [3.05, 3.63) is 0 Å². The van der Waals surface area contributed by atoms with E-state index < -0.39 is 0 Å². The molecule has 0 aromatic carbocycles. The quantitative estimate of drug-likeness (QED) is 0.610. The normalized spacial score (nSPS) is 23.1. The van der Waals surface area contributed by atoms with Gasteiger partial charge in [-0.3, -0.25) is 0 Å². The molecule has 0 unspecified atom stereocenters. The molecule has 2 heteroatoms. The van der Waals surface area contributed by atoms with Gasteiger partial charge in [-0.1, -0.05) is 14.4 Å². The second kappa shape index (κ2) is 3.35. The molecule has 0 heterocycles. The van der Waals surface area contributed by atoms with Crippen molar-refractivity contribution in [2.75, 3.05) is 13.2 Å². The summed E-state index contributed by atoms with van der Waals surface area (Å²) < 4.78 is 0. The minimum atomic E-state index is -0.112. The summed E-state index contributed by atoms with van der Waals surface area (Å²) in [6, 6.07) is 0. The van der Waals surface area contributed by atoms with Crippen molar-refractivity contribution in [2.45, 2.75) is 27.2 Å². The SMILES string of the molecule is C.CC1CC(CO)(CO)C1. The van der Waals surface area contributed by atoms with E-state index in [4.69, 9.17) is 10.2 Å². The van der Waals surface area contributed by atoms with Gasteiger partial charge in [0.25, 0.3) is 0 Å². The molecule has 1 saturated carbocycles. The maximum atomic E-state index is 8.79. The molecule has 0 radical (unpaired) electrons. The Hall–Kier alpha value is -0.0800. The van der Waals surface area contributed by atoms with Crippen LogP contribution >= 0.6 is 0 Å². The standard InChI is InChI=1S/C7H14O2.CH4/c1-6-2-7(3-6,4-8)5-9;/h6,8-9H,2-5H2,1H3;1H4. The van der Waals surface area contributed by atoms with Crippen molar-refractivity contribution < 1.29 is 10.2 Å². The van der Waals surface area contributed by atoms with Gasteiger partial charge in [0.1, 0.15) is 0 Å². The van der Waals surface area contributed by atoms with Gasteiger partial charge in [-0.05, 0) is 18.8 Å². The monoisotopic (exact) mass is 146 g/mol. The molecule has 1 rings (SSSR count). The average molecular weight is 146 g/mol. The molecule has 0 atom stereocenters. The molecule has 1 aliphatic rings. The van der Waals surface area contributed by atoms with E-state index in [9.17, 15) is 0 Å². The third kappa shape index (κ3) is 1.50.